The van der Waals surface area contributed by atoms with E-state index in [-0.39, 0.29) is 11.5 Å². The Morgan fingerprint density at radius 2 is 2.16 bits per heavy atom. The Balaban J connectivity index is 1.25. The summed E-state index contributed by atoms with van der Waals surface area (Å²) in [6, 6.07) is 2.50. The molecule has 0 saturated carbocycles. The Morgan fingerprint density at radius 1 is 1.28 bits per heavy atom. The first-order valence-corrected chi connectivity index (χ1v) is 12.1. The molecule has 0 aliphatic carbocycles. The van der Waals surface area contributed by atoms with Crippen molar-refractivity contribution in [1.82, 2.24) is 35.5 Å². The number of hydrazine groups is 1. The van der Waals surface area contributed by atoms with Gasteiger partial charge in [0.05, 0.1) is 16.8 Å². The minimum atomic E-state index is 0.175. The van der Waals surface area contributed by atoms with Gasteiger partial charge in [-0.15, -0.1) is 0 Å². The molecule has 2 saturated heterocycles. The number of hydrogen-bond donors (Lipinski definition) is 3. The van der Waals surface area contributed by atoms with Crippen molar-refractivity contribution in [2.24, 2.45) is 5.41 Å². The largest absolute Gasteiger partial charge is 0.346 e. The van der Waals surface area contributed by atoms with Gasteiger partial charge in [-0.1, -0.05) is 25.4 Å². The lowest BCUT2D eigenvalue weighted by atomic mass is 9.82. The molecule has 3 atom stereocenters. The Kier molecular flexibility index (Phi) is 4.82. The third-order valence-corrected chi connectivity index (χ3v) is 8.15. The molecule has 0 aromatic carbocycles. The molecule has 168 valence electrons. The van der Waals surface area contributed by atoms with Gasteiger partial charge in [0, 0.05) is 54.7 Å². The predicted octanol–water partition coefficient (Wildman–Crippen LogP) is 4.49. The van der Waals surface area contributed by atoms with E-state index in [9.17, 15) is 0 Å². The summed E-state index contributed by atoms with van der Waals surface area (Å²) < 4.78 is 0. The maximum absolute atomic E-state index is 6.26. The second-order valence-electron chi connectivity index (χ2n) is 9.70. The van der Waals surface area contributed by atoms with Gasteiger partial charge in [0.25, 0.3) is 0 Å². The zero-order chi connectivity index (χ0) is 21.9. The van der Waals surface area contributed by atoms with Crippen LogP contribution in [0.1, 0.15) is 61.9 Å². The molecule has 8 heteroatoms. The second-order valence-corrected chi connectivity index (χ2v) is 10.1. The standard InChI is InChI=1S/C24H30ClN7/c1-3-15(2)18-11-27-23-17(18)8-16(10-26-23)20-9-22-24(5-7-32(22)30-20)4-6-31(14-24)13-21-19(25)12-28-29-21/h8-12,15,20,30H,3-7,13-14H2,1-2H3,(H,26,27)(H,28,29). The minimum absolute atomic E-state index is 0.175. The topological polar surface area (TPSA) is 75.9 Å². The van der Waals surface area contributed by atoms with Gasteiger partial charge in [0.15, 0.2) is 0 Å². The molecule has 0 bridgehead atoms. The fraction of sp³-hybridized carbons (Fsp3) is 0.500. The van der Waals surface area contributed by atoms with Crippen LogP contribution in [-0.2, 0) is 6.54 Å². The highest BCUT2D eigenvalue weighted by molar-refractivity contribution is 6.31. The van der Waals surface area contributed by atoms with Gasteiger partial charge >= 0.3 is 0 Å². The SMILES string of the molecule is CCC(C)c1c[nH]c2ncc(C3C=C4N(CCC45CCN(Cc4n[nH]cc4Cl)C5)N3)cc12. The Labute approximate surface area is 193 Å². The van der Waals surface area contributed by atoms with E-state index < -0.39 is 0 Å². The summed E-state index contributed by atoms with van der Waals surface area (Å²) in [7, 11) is 0. The summed E-state index contributed by atoms with van der Waals surface area (Å²) in [4.78, 5) is 10.6. The van der Waals surface area contributed by atoms with Crippen molar-refractivity contribution in [2.45, 2.75) is 51.6 Å². The fourth-order valence-corrected chi connectivity index (χ4v) is 5.92. The number of hydrogen-bond acceptors (Lipinski definition) is 5. The molecule has 6 rings (SSSR count). The molecule has 2 fully saturated rings. The van der Waals surface area contributed by atoms with Gasteiger partial charge in [0.1, 0.15) is 5.65 Å². The number of aromatic amines is 2. The van der Waals surface area contributed by atoms with E-state index in [2.05, 4.69) is 62.7 Å². The van der Waals surface area contributed by atoms with Crippen LogP contribution >= 0.6 is 11.6 Å². The van der Waals surface area contributed by atoms with Crippen LogP contribution in [-0.4, -0.2) is 49.7 Å². The fourth-order valence-electron chi connectivity index (χ4n) is 5.77. The van der Waals surface area contributed by atoms with Crippen LogP contribution in [0.3, 0.4) is 0 Å². The summed E-state index contributed by atoms with van der Waals surface area (Å²) in [6.45, 7) is 8.52. The first kappa shape index (κ1) is 20.3. The number of fused-ring (bicyclic) bond motifs is 3. The molecule has 32 heavy (non-hydrogen) atoms. The Morgan fingerprint density at radius 3 is 2.97 bits per heavy atom. The zero-order valence-corrected chi connectivity index (χ0v) is 19.4. The molecule has 3 aliphatic heterocycles. The maximum Gasteiger partial charge on any atom is 0.137 e. The van der Waals surface area contributed by atoms with E-state index in [1.807, 2.05) is 6.20 Å². The lowest BCUT2D eigenvalue weighted by molar-refractivity contribution is 0.266. The summed E-state index contributed by atoms with van der Waals surface area (Å²) in [5, 5.41) is 11.5. The van der Waals surface area contributed by atoms with Crippen molar-refractivity contribution in [3.05, 3.63) is 58.3 Å². The Bertz CT molecular complexity index is 1180. The van der Waals surface area contributed by atoms with Crippen molar-refractivity contribution in [3.63, 3.8) is 0 Å². The smallest absolute Gasteiger partial charge is 0.137 e. The van der Waals surface area contributed by atoms with E-state index in [4.69, 9.17) is 16.6 Å². The van der Waals surface area contributed by atoms with Crippen LogP contribution in [0.15, 0.2) is 36.4 Å². The number of aromatic nitrogens is 4. The van der Waals surface area contributed by atoms with Crippen LogP contribution < -0.4 is 5.43 Å². The number of rotatable bonds is 5. The van der Waals surface area contributed by atoms with Crippen LogP contribution in [0.5, 0.6) is 0 Å². The molecule has 3 aliphatic rings. The van der Waals surface area contributed by atoms with Gasteiger partial charge < -0.3 is 9.99 Å². The number of halogens is 1. The summed E-state index contributed by atoms with van der Waals surface area (Å²) >= 11 is 6.26. The van der Waals surface area contributed by atoms with E-state index in [0.29, 0.717) is 5.92 Å². The number of nitrogens with one attached hydrogen (secondary N) is 3. The van der Waals surface area contributed by atoms with Crippen molar-refractivity contribution < 1.29 is 0 Å². The average Bonchev–Trinajstić information content (AvgIpc) is 3.60. The third-order valence-electron chi connectivity index (χ3n) is 7.83. The van der Waals surface area contributed by atoms with Crippen LogP contribution in [0.4, 0.5) is 0 Å². The van der Waals surface area contributed by atoms with Crippen LogP contribution in [0.25, 0.3) is 11.0 Å². The molecule has 3 aromatic heterocycles. The highest BCUT2D eigenvalue weighted by Crippen LogP contribution is 2.50. The lowest BCUT2D eigenvalue weighted by Crippen LogP contribution is -2.32. The minimum Gasteiger partial charge on any atom is -0.346 e. The molecule has 3 unspecified atom stereocenters. The molecule has 7 nitrogen and oxygen atoms in total. The van der Waals surface area contributed by atoms with Gasteiger partial charge in [-0.05, 0) is 55.0 Å². The van der Waals surface area contributed by atoms with Crippen molar-refractivity contribution in [1.29, 1.82) is 0 Å². The highest BCUT2D eigenvalue weighted by atomic mass is 35.5. The van der Waals surface area contributed by atoms with E-state index in [1.165, 1.54) is 35.1 Å². The quantitative estimate of drug-likeness (QED) is 0.532. The molecule has 6 heterocycles. The molecule has 3 aromatic rings. The third kappa shape index (κ3) is 3.17. The average molecular weight is 452 g/mol. The Hall–Kier alpha value is -2.35. The van der Waals surface area contributed by atoms with Crippen LogP contribution in [0.2, 0.25) is 5.02 Å². The first-order valence-electron chi connectivity index (χ1n) is 11.7. The molecular weight excluding hydrogens is 422 g/mol. The summed E-state index contributed by atoms with van der Waals surface area (Å²) in [6.07, 6.45) is 11.8. The van der Waals surface area contributed by atoms with Crippen LogP contribution in [0, 0.1) is 5.41 Å². The maximum atomic E-state index is 6.26. The molecule has 3 N–H and O–H groups in total. The van der Waals surface area contributed by atoms with Crippen molar-refractivity contribution in [2.75, 3.05) is 19.6 Å². The number of likely N-dealkylation sites (tertiary alicyclic amines) is 1. The van der Waals surface area contributed by atoms with Crippen molar-refractivity contribution >= 4 is 22.6 Å². The van der Waals surface area contributed by atoms with Gasteiger partial charge in [-0.3, -0.25) is 10.00 Å². The van der Waals surface area contributed by atoms with Crippen molar-refractivity contribution in [3.8, 4) is 0 Å². The molecule has 0 radical (unpaired) electrons. The first-order chi connectivity index (χ1) is 15.6. The van der Waals surface area contributed by atoms with Gasteiger partial charge in [-0.2, -0.15) is 5.10 Å². The predicted molar refractivity (Wildman–Crippen MR) is 126 cm³/mol. The molecule has 0 amide bonds. The van der Waals surface area contributed by atoms with E-state index in [0.717, 1.165) is 49.0 Å². The number of pyridine rings is 1. The molecular formula is C24H30ClN7. The summed E-state index contributed by atoms with van der Waals surface area (Å²) in [5.41, 5.74) is 9.94. The van der Waals surface area contributed by atoms with Gasteiger partial charge in [0.2, 0.25) is 0 Å². The second kappa shape index (κ2) is 7.61. The van der Waals surface area contributed by atoms with E-state index in [1.54, 1.807) is 6.20 Å². The monoisotopic (exact) mass is 451 g/mol. The highest BCUT2D eigenvalue weighted by Gasteiger charge is 2.50. The normalized spacial score (nSPS) is 26.4. The molecule has 1 spiro atoms. The summed E-state index contributed by atoms with van der Waals surface area (Å²) in [5.74, 6) is 0.523. The number of H-pyrrole nitrogens is 2. The van der Waals surface area contributed by atoms with E-state index >= 15 is 0 Å². The number of nitrogens with zero attached hydrogens (tertiary/aromatic N) is 4. The lowest BCUT2D eigenvalue weighted by Gasteiger charge is -2.25. The van der Waals surface area contributed by atoms with Gasteiger partial charge in [-0.25, -0.2) is 10.4 Å². The zero-order valence-electron chi connectivity index (χ0n) is 18.7.